The van der Waals surface area contributed by atoms with Crippen LogP contribution in [0.5, 0.6) is 0 Å². The predicted molar refractivity (Wildman–Crippen MR) is 105 cm³/mol. The molecule has 2 rings (SSSR count). The van der Waals surface area contributed by atoms with Crippen LogP contribution in [-0.2, 0) is 17.8 Å². The first-order valence-corrected chi connectivity index (χ1v) is 9.18. The summed E-state index contributed by atoms with van der Waals surface area (Å²) in [5.74, 6) is 0.0704. The minimum absolute atomic E-state index is 0. The summed E-state index contributed by atoms with van der Waals surface area (Å²) in [6.07, 6.45) is 1.36. The van der Waals surface area contributed by atoms with Crippen molar-refractivity contribution in [2.24, 2.45) is 0 Å². The number of amides is 1. The molecule has 2 aromatic rings. The van der Waals surface area contributed by atoms with E-state index in [4.69, 9.17) is 23.2 Å². The maximum Gasteiger partial charge on any atom is 0.224 e. The van der Waals surface area contributed by atoms with E-state index < -0.39 is 0 Å². The normalized spacial score (nSPS) is 10.9. The van der Waals surface area contributed by atoms with Crippen LogP contribution in [0.25, 0.3) is 0 Å². The molecule has 2 aromatic carbocycles. The monoisotopic (exact) mass is 506 g/mol. The molecule has 0 atom stereocenters. The van der Waals surface area contributed by atoms with E-state index in [9.17, 15) is 4.79 Å². The van der Waals surface area contributed by atoms with Crippen molar-refractivity contribution in [1.29, 1.82) is 0 Å². The van der Waals surface area contributed by atoms with E-state index in [1.807, 2.05) is 48.5 Å². The number of hydrogen-bond donors (Lipinski definition) is 1. The van der Waals surface area contributed by atoms with Gasteiger partial charge in [0.25, 0.3) is 0 Å². The molecule has 0 aliphatic rings. The third kappa shape index (κ3) is 8.25. The average Bonchev–Trinajstić information content (AvgIpc) is 2.56. The van der Waals surface area contributed by atoms with Crippen molar-refractivity contribution in [3.05, 3.63) is 69.7 Å². The van der Waals surface area contributed by atoms with E-state index in [0.717, 1.165) is 35.1 Å². The van der Waals surface area contributed by atoms with Gasteiger partial charge in [-0.1, -0.05) is 59.6 Å². The Balaban J connectivity index is 0.00000338. The molecular formula is C20H25Cl2IN2O. The lowest BCUT2D eigenvalue weighted by atomic mass is 10.1. The first-order chi connectivity index (χ1) is 11.9. The van der Waals surface area contributed by atoms with Crippen LogP contribution in [0.2, 0.25) is 10.0 Å². The van der Waals surface area contributed by atoms with Crippen LogP contribution >= 0.6 is 23.2 Å². The van der Waals surface area contributed by atoms with E-state index in [-0.39, 0.29) is 29.9 Å². The Morgan fingerprint density at radius 3 is 2.35 bits per heavy atom. The highest BCUT2D eigenvalue weighted by Gasteiger charge is 2.16. The summed E-state index contributed by atoms with van der Waals surface area (Å²) in [6, 6.07) is 15.6. The first-order valence-electron chi connectivity index (χ1n) is 8.42. The molecule has 1 N–H and O–H groups in total. The van der Waals surface area contributed by atoms with Crippen LogP contribution in [0.4, 0.5) is 0 Å². The van der Waals surface area contributed by atoms with Gasteiger partial charge in [-0.25, -0.2) is 0 Å². The lowest BCUT2D eigenvalue weighted by Crippen LogP contribution is -3.00. The van der Waals surface area contributed by atoms with Crippen molar-refractivity contribution in [3.63, 3.8) is 0 Å². The van der Waals surface area contributed by atoms with Crippen LogP contribution in [0.1, 0.15) is 17.5 Å². The third-order valence-electron chi connectivity index (χ3n) is 4.06. The SMILES string of the molecule is C[N+](C)(CCCNC(=O)Cc1ccccc1)Cc1ccc(Cl)c(Cl)c1.[I-]. The fourth-order valence-electron chi connectivity index (χ4n) is 2.79. The Labute approximate surface area is 183 Å². The average molecular weight is 507 g/mol. The van der Waals surface area contributed by atoms with E-state index in [2.05, 4.69) is 19.4 Å². The number of nitrogens with one attached hydrogen (secondary N) is 1. The van der Waals surface area contributed by atoms with Crippen molar-refractivity contribution < 1.29 is 33.3 Å². The molecule has 0 spiro atoms. The molecule has 3 nitrogen and oxygen atoms in total. The van der Waals surface area contributed by atoms with Gasteiger partial charge in [0.1, 0.15) is 6.54 Å². The summed E-state index contributed by atoms with van der Waals surface area (Å²) < 4.78 is 0.826. The highest BCUT2D eigenvalue weighted by atomic mass is 127. The van der Waals surface area contributed by atoms with Gasteiger partial charge in [0.15, 0.2) is 0 Å². The first kappa shape index (κ1) is 23.2. The number of carbonyl (C=O) groups is 1. The molecular weight excluding hydrogens is 482 g/mol. The van der Waals surface area contributed by atoms with Gasteiger partial charge in [-0.2, -0.15) is 0 Å². The fourth-order valence-corrected chi connectivity index (χ4v) is 3.11. The molecule has 0 aliphatic heterocycles. The molecule has 0 unspecified atom stereocenters. The summed E-state index contributed by atoms with van der Waals surface area (Å²) in [4.78, 5) is 12.0. The second kappa shape index (κ2) is 11.1. The third-order valence-corrected chi connectivity index (χ3v) is 4.80. The Bertz CT molecular complexity index is 708. The van der Waals surface area contributed by atoms with Gasteiger partial charge in [0.2, 0.25) is 5.91 Å². The van der Waals surface area contributed by atoms with Gasteiger partial charge in [-0.15, -0.1) is 0 Å². The number of carbonyl (C=O) groups excluding carboxylic acids is 1. The molecule has 0 aliphatic carbocycles. The lowest BCUT2D eigenvalue weighted by Gasteiger charge is -2.30. The number of benzene rings is 2. The number of halogens is 3. The van der Waals surface area contributed by atoms with Crippen LogP contribution in [0.15, 0.2) is 48.5 Å². The molecule has 1 amide bonds. The summed E-state index contributed by atoms with van der Waals surface area (Å²) in [6.45, 7) is 2.52. The predicted octanol–water partition coefficient (Wildman–Crippen LogP) is 1.32. The maximum absolute atomic E-state index is 12.0. The molecule has 0 aromatic heterocycles. The fraction of sp³-hybridized carbons (Fsp3) is 0.350. The standard InChI is InChI=1S/C20H24Cl2N2O.HI/c1-24(2,15-17-9-10-18(21)19(22)13-17)12-6-11-23-20(25)14-16-7-4-3-5-8-16;/h3-5,7-10,13H,6,11-12,14-15H2,1-2H3;1H. The van der Waals surface area contributed by atoms with Crippen LogP contribution in [0.3, 0.4) is 0 Å². The maximum atomic E-state index is 12.0. The smallest absolute Gasteiger partial charge is 0.224 e. The van der Waals surface area contributed by atoms with E-state index >= 15 is 0 Å². The molecule has 0 heterocycles. The molecule has 0 fully saturated rings. The molecule has 0 bridgehead atoms. The Kier molecular flexibility index (Phi) is 9.93. The van der Waals surface area contributed by atoms with E-state index in [1.165, 1.54) is 0 Å². The second-order valence-corrected chi connectivity index (χ2v) is 7.75. The van der Waals surface area contributed by atoms with Crippen molar-refractivity contribution in [3.8, 4) is 0 Å². The summed E-state index contributed by atoms with van der Waals surface area (Å²) in [7, 11) is 4.35. The minimum atomic E-state index is 0. The van der Waals surface area contributed by atoms with Crippen molar-refractivity contribution >= 4 is 29.1 Å². The van der Waals surface area contributed by atoms with Gasteiger partial charge in [0.05, 0.1) is 37.1 Å². The largest absolute Gasteiger partial charge is 1.00 e. The van der Waals surface area contributed by atoms with E-state index in [0.29, 0.717) is 23.0 Å². The van der Waals surface area contributed by atoms with Crippen LogP contribution in [-0.4, -0.2) is 37.6 Å². The van der Waals surface area contributed by atoms with E-state index in [1.54, 1.807) is 0 Å². The second-order valence-electron chi connectivity index (χ2n) is 6.93. The summed E-state index contributed by atoms with van der Waals surface area (Å²) in [5.41, 5.74) is 2.20. The van der Waals surface area contributed by atoms with Crippen molar-refractivity contribution in [2.75, 3.05) is 27.2 Å². The van der Waals surface area contributed by atoms with Gasteiger partial charge >= 0.3 is 0 Å². The Morgan fingerprint density at radius 1 is 1.00 bits per heavy atom. The number of rotatable bonds is 8. The van der Waals surface area contributed by atoms with Gasteiger partial charge in [-0.05, 0) is 17.7 Å². The van der Waals surface area contributed by atoms with Crippen molar-refractivity contribution in [1.82, 2.24) is 5.32 Å². The summed E-state index contributed by atoms with van der Waals surface area (Å²) >= 11 is 12.0. The zero-order valence-corrected chi connectivity index (χ0v) is 18.8. The topological polar surface area (TPSA) is 29.1 Å². The number of nitrogens with zero attached hydrogens (tertiary/aromatic N) is 1. The van der Waals surface area contributed by atoms with Crippen molar-refractivity contribution in [2.45, 2.75) is 19.4 Å². The minimum Gasteiger partial charge on any atom is -1.00 e. The number of quaternary nitrogens is 1. The lowest BCUT2D eigenvalue weighted by molar-refractivity contribution is -0.903. The Hall–Kier alpha value is -0.820. The molecule has 26 heavy (non-hydrogen) atoms. The van der Waals surface area contributed by atoms with Crippen LogP contribution < -0.4 is 29.3 Å². The van der Waals surface area contributed by atoms with Crippen LogP contribution in [0, 0.1) is 0 Å². The number of hydrogen-bond acceptors (Lipinski definition) is 1. The van der Waals surface area contributed by atoms with Gasteiger partial charge in [0, 0.05) is 18.5 Å². The Morgan fingerprint density at radius 2 is 1.69 bits per heavy atom. The highest BCUT2D eigenvalue weighted by Crippen LogP contribution is 2.24. The molecule has 6 heteroatoms. The molecule has 142 valence electrons. The van der Waals surface area contributed by atoms with Gasteiger partial charge in [-0.3, -0.25) is 4.79 Å². The quantitative estimate of drug-likeness (QED) is 0.326. The zero-order valence-electron chi connectivity index (χ0n) is 15.1. The zero-order chi connectivity index (χ0) is 18.3. The molecule has 0 saturated heterocycles. The van der Waals surface area contributed by atoms with Gasteiger partial charge < -0.3 is 33.8 Å². The highest BCUT2D eigenvalue weighted by molar-refractivity contribution is 6.42. The summed E-state index contributed by atoms with van der Waals surface area (Å²) in [5, 5.41) is 4.17. The molecule has 0 radical (unpaired) electrons. The molecule has 0 saturated carbocycles.